The summed E-state index contributed by atoms with van der Waals surface area (Å²) in [5, 5.41) is 0. The second-order valence-electron chi connectivity index (χ2n) is 3.82. The van der Waals surface area contributed by atoms with Crippen molar-refractivity contribution in [2.45, 2.75) is 4.83 Å². The average molecular weight is 334 g/mol. The average Bonchev–Trinajstić information content (AvgIpc) is 2.59. The fourth-order valence-corrected chi connectivity index (χ4v) is 1.85. The van der Waals surface area contributed by atoms with Gasteiger partial charge >= 0.3 is 4.83 Å². The van der Waals surface area contributed by atoms with E-state index in [9.17, 15) is 22.8 Å². The van der Waals surface area contributed by atoms with Gasteiger partial charge in [0.15, 0.2) is 5.83 Å². The van der Waals surface area contributed by atoms with Crippen LogP contribution in [0.15, 0.2) is 36.2 Å². The molecule has 1 aliphatic rings. The highest BCUT2D eigenvalue weighted by Gasteiger charge is 2.36. The maximum atomic E-state index is 13.0. The Balaban J connectivity index is 2.22. The SMILES string of the molecule is O=C1c2ccccc2C(=O)N1C/C=C(\F)C(F)(F)Br. The first-order valence-corrected chi connectivity index (χ1v) is 5.99. The van der Waals surface area contributed by atoms with Crippen molar-refractivity contribution in [1.29, 1.82) is 0 Å². The highest BCUT2D eigenvalue weighted by Crippen LogP contribution is 2.32. The molecular weight excluding hydrogens is 327 g/mol. The molecule has 0 aliphatic carbocycles. The molecule has 0 atom stereocenters. The van der Waals surface area contributed by atoms with Crippen LogP contribution < -0.4 is 0 Å². The monoisotopic (exact) mass is 333 g/mol. The van der Waals surface area contributed by atoms with Crippen LogP contribution in [0.2, 0.25) is 0 Å². The van der Waals surface area contributed by atoms with E-state index in [1.807, 2.05) is 15.9 Å². The van der Waals surface area contributed by atoms with Gasteiger partial charge in [0.05, 0.1) is 17.7 Å². The van der Waals surface area contributed by atoms with E-state index in [4.69, 9.17) is 0 Å². The van der Waals surface area contributed by atoms with Crippen molar-refractivity contribution in [3.05, 3.63) is 47.3 Å². The fourth-order valence-electron chi connectivity index (χ4n) is 1.69. The minimum absolute atomic E-state index is 0.187. The summed E-state index contributed by atoms with van der Waals surface area (Å²) < 4.78 is 38.0. The third kappa shape index (κ3) is 2.56. The number of benzene rings is 1. The van der Waals surface area contributed by atoms with Crippen LogP contribution in [0, 0.1) is 0 Å². The van der Waals surface area contributed by atoms with Crippen LogP contribution in [0.1, 0.15) is 20.7 Å². The van der Waals surface area contributed by atoms with Crippen molar-refractivity contribution in [2.75, 3.05) is 6.54 Å². The van der Waals surface area contributed by atoms with E-state index in [0.29, 0.717) is 11.0 Å². The molecular formula is C12H7BrF3NO2. The molecule has 2 rings (SSSR count). The number of carbonyl (C=O) groups excluding carboxylic acids is 2. The number of allylic oxidation sites excluding steroid dienone is 1. The maximum absolute atomic E-state index is 13.0. The molecule has 1 aliphatic heterocycles. The minimum atomic E-state index is -3.80. The molecule has 0 bridgehead atoms. The van der Waals surface area contributed by atoms with Crippen LogP contribution in [0.4, 0.5) is 13.2 Å². The first-order chi connectivity index (χ1) is 8.82. The number of rotatable bonds is 3. The molecule has 3 nitrogen and oxygen atoms in total. The Morgan fingerprint density at radius 2 is 1.68 bits per heavy atom. The van der Waals surface area contributed by atoms with Crippen molar-refractivity contribution in [3.63, 3.8) is 0 Å². The summed E-state index contributed by atoms with van der Waals surface area (Å²) >= 11 is 1.85. The Morgan fingerprint density at radius 3 is 2.11 bits per heavy atom. The van der Waals surface area contributed by atoms with Gasteiger partial charge in [-0.05, 0) is 34.1 Å². The van der Waals surface area contributed by atoms with Gasteiger partial charge in [0.2, 0.25) is 0 Å². The quantitative estimate of drug-likeness (QED) is 0.629. The molecule has 100 valence electrons. The predicted molar refractivity (Wildman–Crippen MR) is 64.9 cm³/mol. The largest absolute Gasteiger partial charge is 0.351 e. The van der Waals surface area contributed by atoms with Gasteiger partial charge < -0.3 is 0 Å². The molecule has 0 saturated carbocycles. The molecule has 0 N–H and O–H groups in total. The van der Waals surface area contributed by atoms with E-state index in [-0.39, 0.29) is 11.1 Å². The van der Waals surface area contributed by atoms with Crippen LogP contribution in [-0.2, 0) is 0 Å². The number of nitrogens with zero attached hydrogens (tertiary/aromatic N) is 1. The van der Waals surface area contributed by atoms with Crippen LogP contribution in [-0.4, -0.2) is 28.1 Å². The van der Waals surface area contributed by atoms with Gasteiger partial charge in [-0.25, -0.2) is 4.39 Å². The summed E-state index contributed by atoms with van der Waals surface area (Å²) in [6.07, 6.45) is 0.496. The summed E-state index contributed by atoms with van der Waals surface area (Å²) in [6.45, 7) is -0.542. The molecule has 0 spiro atoms. The van der Waals surface area contributed by atoms with Crippen molar-refractivity contribution in [2.24, 2.45) is 0 Å². The Kier molecular flexibility index (Phi) is 3.49. The van der Waals surface area contributed by atoms with E-state index in [1.165, 1.54) is 12.1 Å². The molecule has 0 saturated heterocycles. The van der Waals surface area contributed by atoms with Crippen molar-refractivity contribution in [3.8, 4) is 0 Å². The second kappa shape index (κ2) is 4.80. The lowest BCUT2D eigenvalue weighted by Gasteiger charge is -2.12. The normalized spacial score (nSPS) is 16.0. The second-order valence-corrected chi connectivity index (χ2v) is 4.81. The summed E-state index contributed by atoms with van der Waals surface area (Å²) in [5.74, 6) is -2.99. The van der Waals surface area contributed by atoms with E-state index >= 15 is 0 Å². The van der Waals surface area contributed by atoms with Gasteiger partial charge in [-0.3, -0.25) is 14.5 Å². The maximum Gasteiger partial charge on any atom is 0.351 e. The number of halogens is 4. The number of alkyl halides is 3. The van der Waals surface area contributed by atoms with E-state index in [2.05, 4.69) is 0 Å². The Bertz CT molecular complexity index is 546. The highest BCUT2D eigenvalue weighted by atomic mass is 79.9. The van der Waals surface area contributed by atoms with Gasteiger partial charge in [0.25, 0.3) is 11.8 Å². The van der Waals surface area contributed by atoms with Gasteiger partial charge in [0.1, 0.15) is 0 Å². The zero-order valence-corrected chi connectivity index (χ0v) is 11.0. The van der Waals surface area contributed by atoms with Crippen LogP contribution in [0.25, 0.3) is 0 Å². The Labute approximate surface area is 114 Å². The van der Waals surface area contributed by atoms with E-state index < -0.39 is 29.0 Å². The summed E-state index contributed by atoms with van der Waals surface area (Å²) in [5.41, 5.74) is 0.374. The predicted octanol–water partition coefficient (Wildman–Crippen LogP) is 3.12. The number of carbonyl (C=O) groups is 2. The summed E-state index contributed by atoms with van der Waals surface area (Å²) in [6, 6.07) is 6.07. The molecule has 2 amide bonds. The first kappa shape index (κ1) is 13.8. The minimum Gasteiger partial charge on any atom is -0.270 e. The third-order valence-corrected chi connectivity index (χ3v) is 2.98. The lowest BCUT2D eigenvalue weighted by Crippen LogP contribution is -2.30. The molecule has 19 heavy (non-hydrogen) atoms. The third-order valence-electron chi connectivity index (χ3n) is 2.60. The first-order valence-electron chi connectivity index (χ1n) is 5.20. The molecule has 0 aromatic heterocycles. The number of amides is 2. The number of fused-ring (bicyclic) bond motifs is 1. The molecule has 0 radical (unpaired) electrons. The van der Waals surface area contributed by atoms with Gasteiger partial charge in [0, 0.05) is 0 Å². The van der Waals surface area contributed by atoms with Crippen LogP contribution in [0.3, 0.4) is 0 Å². The Morgan fingerprint density at radius 1 is 1.21 bits per heavy atom. The van der Waals surface area contributed by atoms with E-state index in [1.54, 1.807) is 12.1 Å². The molecule has 0 unspecified atom stereocenters. The lowest BCUT2D eigenvalue weighted by atomic mass is 10.1. The molecule has 1 aromatic carbocycles. The molecule has 1 heterocycles. The lowest BCUT2D eigenvalue weighted by molar-refractivity contribution is 0.0667. The molecule has 0 fully saturated rings. The number of hydrogen-bond donors (Lipinski definition) is 0. The highest BCUT2D eigenvalue weighted by molar-refractivity contribution is 9.10. The molecule has 1 aromatic rings. The van der Waals surface area contributed by atoms with Gasteiger partial charge in [-0.2, -0.15) is 8.78 Å². The zero-order chi connectivity index (χ0) is 14.2. The topological polar surface area (TPSA) is 37.4 Å². The van der Waals surface area contributed by atoms with Gasteiger partial charge in [-0.1, -0.05) is 12.1 Å². The standard InChI is InChI=1S/C12H7BrF3NO2/c13-12(15,16)9(14)5-6-17-10(18)7-3-1-2-4-8(7)11(17)19/h1-5H,6H2/b9-5-. The molecule has 7 heteroatoms. The summed E-state index contributed by atoms with van der Waals surface area (Å²) in [4.78, 5) is 20.6. The van der Waals surface area contributed by atoms with Crippen molar-refractivity contribution in [1.82, 2.24) is 4.90 Å². The Hall–Kier alpha value is -1.63. The van der Waals surface area contributed by atoms with E-state index in [0.717, 1.165) is 0 Å². The summed E-state index contributed by atoms with van der Waals surface area (Å²) in [7, 11) is 0. The zero-order valence-electron chi connectivity index (χ0n) is 9.37. The number of imide groups is 1. The van der Waals surface area contributed by atoms with Crippen LogP contribution in [0.5, 0.6) is 0 Å². The van der Waals surface area contributed by atoms with Crippen LogP contribution >= 0.6 is 15.9 Å². The van der Waals surface area contributed by atoms with Crippen molar-refractivity contribution >= 4 is 27.7 Å². The van der Waals surface area contributed by atoms with Crippen molar-refractivity contribution < 1.29 is 22.8 Å². The smallest absolute Gasteiger partial charge is 0.270 e. The van der Waals surface area contributed by atoms with Gasteiger partial charge in [-0.15, -0.1) is 0 Å². The fraction of sp³-hybridized carbons (Fsp3) is 0.167. The number of hydrogen-bond acceptors (Lipinski definition) is 2.